The first-order chi connectivity index (χ1) is 13.3. The van der Waals surface area contributed by atoms with E-state index in [9.17, 15) is 9.59 Å². The van der Waals surface area contributed by atoms with Gasteiger partial charge < -0.3 is 11.1 Å². The predicted molar refractivity (Wildman–Crippen MR) is 108 cm³/mol. The average molecular weight is 397 g/mol. The predicted octanol–water partition coefficient (Wildman–Crippen LogP) is 2.08. The molecule has 2 aromatic carbocycles. The van der Waals surface area contributed by atoms with Gasteiger partial charge in [0.15, 0.2) is 5.96 Å². The first-order valence-electron chi connectivity index (χ1n) is 8.52. The number of hydrogen-bond acceptors (Lipinski definition) is 7. The molecule has 0 unspecified atom stereocenters. The zero-order chi connectivity index (χ0) is 20.1. The molecule has 2 heterocycles. The molecule has 2 aromatic rings. The Labute approximate surface area is 166 Å². The van der Waals surface area contributed by atoms with Gasteiger partial charge in [0, 0.05) is 23.2 Å². The smallest absolute Gasteiger partial charge is 0.289 e. The monoisotopic (exact) mass is 396 g/mol. The Hall–Kier alpha value is -3.39. The highest BCUT2D eigenvalue weighted by Gasteiger charge is 2.54. The van der Waals surface area contributed by atoms with Crippen LogP contribution in [0.5, 0.6) is 0 Å². The third-order valence-corrected chi connectivity index (χ3v) is 5.07. The van der Waals surface area contributed by atoms with Crippen LogP contribution in [0.3, 0.4) is 0 Å². The van der Waals surface area contributed by atoms with Gasteiger partial charge in [-0.25, -0.2) is 14.9 Å². The van der Waals surface area contributed by atoms with E-state index in [0.717, 1.165) is 10.5 Å². The molecule has 8 nitrogen and oxygen atoms in total. The number of carbonyl (C=O) groups is 2. The number of fused-ring (bicyclic) bond motifs is 2. The van der Waals surface area contributed by atoms with E-state index in [-0.39, 0.29) is 11.9 Å². The van der Waals surface area contributed by atoms with Gasteiger partial charge in [0.2, 0.25) is 11.9 Å². The second-order valence-corrected chi connectivity index (χ2v) is 6.88. The van der Waals surface area contributed by atoms with E-state index in [1.807, 2.05) is 13.0 Å². The fourth-order valence-electron chi connectivity index (χ4n) is 3.34. The maximum Gasteiger partial charge on any atom is 0.289 e. The molecule has 0 aliphatic carbocycles. The molecule has 1 spiro atoms. The number of anilines is 2. The summed E-state index contributed by atoms with van der Waals surface area (Å²) in [6.07, 6.45) is 0. The third kappa shape index (κ3) is 2.61. The fraction of sp³-hybridized carbons (Fsp3) is 0.158. The minimum Gasteiger partial charge on any atom is -0.370 e. The summed E-state index contributed by atoms with van der Waals surface area (Å²) in [5, 5.41) is 6.52. The van der Waals surface area contributed by atoms with E-state index in [1.54, 1.807) is 36.4 Å². The molecule has 0 fully saturated rings. The Morgan fingerprint density at radius 1 is 1.21 bits per heavy atom. The van der Waals surface area contributed by atoms with Crippen molar-refractivity contribution in [2.45, 2.75) is 19.5 Å². The van der Waals surface area contributed by atoms with Crippen LogP contribution in [-0.2, 0) is 15.3 Å². The Morgan fingerprint density at radius 3 is 2.71 bits per heavy atom. The van der Waals surface area contributed by atoms with E-state index < -0.39 is 17.5 Å². The van der Waals surface area contributed by atoms with Crippen molar-refractivity contribution in [3.05, 3.63) is 58.6 Å². The molecule has 0 bridgehead atoms. The van der Waals surface area contributed by atoms with Crippen molar-refractivity contribution >= 4 is 46.7 Å². The molecular weight excluding hydrogens is 380 g/mol. The third-order valence-electron chi connectivity index (χ3n) is 4.66. The number of para-hydroxylation sites is 1. The molecule has 9 heteroatoms. The summed E-state index contributed by atoms with van der Waals surface area (Å²) < 4.78 is 0. The van der Waals surface area contributed by atoms with Crippen molar-refractivity contribution in [1.29, 1.82) is 0 Å². The van der Waals surface area contributed by atoms with Crippen LogP contribution >= 0.6 is 11.6 Å². The molecule has 0 aromatic heterocycles. The number of nitrogens with zero attached hydrogens (tertiary/aromatic N) is 3. The summed E-state index contributed by atoms with van der Waals surface area (Å²) in [4.78, 5) is 35.2. The molecule has 0 radical (unpaired) electrons. The highest BCUT2D eigenvalue weighted by atomic mass is 35.5. The van der Waals surface area contributed by atoms with Crippen molar-refractivity contribution in [3.63, 3.8) is 0 Å². The number of imide groups is 1. The number of benzene rings is 2. The molecule has 0 saturated heterocycles. The van der Waals surface area contributed by atoms with Crippen molar-refractivity contribution in [2.24, 2.45) is 15.7 Å². The standard InChI is InChI=1S/C19H17ClN6O2/c1-10-13(20)7-5-8-14(10)22-18-23-17(21)24-19(25-18)12-6-3-4-9-15(12)26(11(2)27)16(19)28/h3-9H,1-2H3,(H4,21,22,23,24,25)/t19-/m0/s1. The Morgan fingerprint density at radius 2 is 1.96 bits per heavy atom. The van der Waals surface area contributed by atoms with Crippen LogP contribution in [0, 0.1) is 6.92 Å². The van der Waals surface area contributed by atoms with E-state index in [2.05, 4.69) is 20.6 Å². The number of hydrogen-bond donors (Lipinski definition) is 3. The summed E-state index contributed by atoms with van der Waals surface area (Å²) in [7, 11) is 0. The Kier molecular flexibility index (Phi) is 4.08. The molecule has 4 N–H and O–H groups in total. The minimum atomic E-state index is -1.66. The van der Waals surface area contributed by atoms with Crippen molar-refractivity contribution in [2.75, 3.05) is 10.2 Å². The summed E-state index contributed by atoms with van der Waals surface area (Å²) in [6, 6.07) is 12.3. The average Bonchev–Trinajstić information content (AvgIpc) is 2.87. The zero-order valence-electron chi connectivity index (χ0n) is 15.2. The molecule has 2 aliphatic rings. The maximum absolute atomic E-state index is 13.2. The first kappa shape index (κ1) is 18.0. The van der Waals surface area contributed by atoms with Crippen LogP contribution in [0.2, 0.25) is 5.02 Å². The van der Waals surface area contributed by atoms with Crippen molar-refractivity contribution in [1.82, 2.24) is 5.32 Å². The summed E-state index contributed by atoms with van der Waals surface area (Å²) >= 11 is 6.18. The van der Waals surface area contributed by atoms with Gasteiger partial charge in [0.25, 0.3) is 11.6 Å². The number of halogens is 1. The molecular formula is C19H17ClN6O2. The maximum atomic E-state index is 13.2. The first-order valence-corrected chi connectivity index (χ1v) is 8.90. The SMILES string of the molecule is CC(=O)N1C(=O)[C@]2(N=C(N)NC(Nc3cccc(Cl)c3C)=N2)c2ccccc21. The molecule has 4 rings (SSSR count). The number of carbonyl (C=O) groups excluding carboxylic acids is 2. The summed E-state index contributed by atoms with van der Waals surface area (Å²) in [5.74, 6) is -0.762. The van der Waals surface area contributed by atoms with Gasteiger partial charge >= 0.3 is 0 Å². The van der Waals surface area contributed by atoms with Crippen LogP contribution in [0.15, 0.2) is 52.4 Å². The van der Waals surface area contributed by atoms with Crippen LogP contribution in [0.25, 0.3) is 0 Å². The number of nitrogens with one attached hydrogen (secondary N) is 2. The molecule has 2 amide bonds. The minimum absolute atomic E-state index is 0.00531. The molecule has 28 heavy (non-hydrogen) atoms. The lowest BCUT2D eigenvalue weighted by atomic mass is 10.0. The molecule has 0 saturated carbocycles. The number of rotatable bonds is 1. The van der Waals surface area contributed by atoms with Crippen LogP contribution < -0.4 is 21.3 Å². The number of amides is 2. The van der Waals surface area contributed by atoms with E-state index in [4.69, 9.17) is 17.3 Å². The lowest BCUT2D eigenvalue weighted by molar-refractivity contribution is -0.127. The van der Waals surface area contributed by atoms with Gasteiger partial charge in [-0.05, 0) is 30.7 Å². The second kappa shape index (κ2) is 6.35. The zero-order valence-corrected chi connectivity index (χ0v) is 15.9. The van der Waals surface area contributed by atoms with E-state index in [0.29, 0.717) is 22.0 Å². The fourth-order valence-corrected chi connectivity index (χ4v) is 3.52. The molecule has 1 atom stereocenters. The highest BCUT2D eigenvalue weighted by Crippen LogP contribution is 2.44. The Balaban J connectivity index is 1.84. The van der Waals surface area contributed by atoms with Gasteiger partial charge in [-0.2, -0.15) is 0 Å². The lowest BCUT2D eigenvalue weighted by Gasteiger charge is -2.27. The largest absolute Gasteiger partial charge is 0.370 e. The van der Waals surface area contributed by atoms with Crippen molar-refractivity contribution in [3.8, 4) is 0 Å². The van der Waals surface area contributed by atoms with Gasteiger partial charge in [0.1, 0.15) is 0 Å². The quantitative estimate of drug-likeness (QED) is 0.683. The lowest BCUT2D eigenvalue weighted by Crippen LogP contribution is -2.51. The van der Waals surface area contributed by atoms with Crippen LogP contribution in [-0.4, -0.2) is 23.7 Å². The van der Waals surface area contributed by atoms with Gasteiger partial charge in [-0.15, -0.1) is 0 Å². The highest BCUT2D eigenvalue weighted by molar-refractivity contribution is 6.32. The van der Waals surface area contributed by atoms with Gasteiger partial charge in [-0.3, -0.25) is 14.9 Å². The second-order valence-electron chi connectivity index (χ2n) is 6.47. The van der Waals surface area contributed by atoms with Crippen LogP contribution in [0.4, 0.5) is 11.4 Å². The van der Waals surface area contributed by atoms with Crippen molar-refractivity contribution < 1.29 is 9.59 Å². The van der Waals surface area contributed by atoms with Crippen LogP contribution in [0.1, 0.15) is 18.1 Å². The number of guanidine groups is 2. The normalized spacial score (nSPS) is 20.4. The summed E-state index contributed by atoms with van der Waals surface area (Å²) in [6.45, 7) is 3.18. The van der Waals surface area contributed by atoms with E-state index >= 15 is 0 Å². The summed E-state index contributed by atoms with van der Waals surface area (Å²) in [5.41, 5.74) is 6.76. The van der Waals surface area contributed by atoms with Gasteiger partial charge in [-0.1, -0.05) is 35.9 Å². The Bertz CT molecular complexity index is 1080. The molecule has 2 aliphatic heterocycles. The molecule has 142 valence electrons. The topological polar surface area (TPSA) is 112 Å². The van der Waals surface area contributed by atoms with Gasteiger partial charge in [0.05, 0.1) is 5.69 Å². The number of aliphatic imine (C=N–C) groups is 2. The number of nitrogens with two attached hydrogens (primary N) is 1. The van der Waals surface area contributed by atoms with E-state index in [1.165, 1.54) is 6.92 Å².